The average Bonchev–Trinajstić information content (AvgIpc) is 2.53. The maximum atomic E-state index is 14.4. The number of amides is 1. The van der Waals surface area contributed by atoms with Crippen molar-refractivity contribution in [1.29, 1.82) is 5.41 Å². The molecule has 0 atom stereocenters. The van der Waals surface area contributed by atoms with Crippen molar-refractivity contribution in [2.75, 3.05) is 0 Å². The molecule has 6 heteroatoms. The molecule has 4 nitrogen and oxygen atoms in total. The largest absolute Gasteiger partial charge is 0.396 e. The van der Waals surface area contributed by atoms with Gasteiger partial charge in [-0.05, 0) is 30.3 Å². The molecule has 112 valence electrons. The zero-order valence-electron chi connectivity index (χ0n) is 11.4. The Morgan fingerprint density at radius 2 is 1.50 bits per heavy atom. The Bertz CT molecular complexity index is 767. The van der Waals surface area contributed by atoms with Crippen molar-refractivity contribution >= 4 is 17.3 Å². The molecular weight excluding hydrogens is 288 g/mol. The number of carbonyl (C=O) groups excluding carboxylic acids is 1. The molecule has 0 saturated carbocycles. The van der Waals surface area contributed by atoms with E-state index in [4.69, 9.17) is 16.9 Å². The summed E-state index contributed by atoms with van der Waals surface area (Å²) in [6, 6.07) is 10.8. The maximum absolute atomic E-state index is 14.4. The zero-order valence-corrected chi connectivity index (χ0v) is 11.4. The molecule has 0 aliphatic heterocycles. The summed E-state index contributed by atoms with van der Waals surface area (Å²) >= 11 is 0. The molecule has 0 saturated heterocycles. The van der Waals surface area contributed by atoms with Crippen LogP contribution in [0, 0.1) is 11.2 Å². The van der Waals surface area contributed by atoms with E-state index in [0.29, 0.717) is 0 Å². The first-order chi connectivity index (χ1) is 10.4. The Morgan fingerprint density at radius 1 is 0.955 bits per heavy atom. The van der Waals surface area contributed by atoms with E-state index in [1.165, 1.54) is 24.3 Å². The molecule has 0 unspecified atom stereocenters. The van der Waals surface area contributed by atoms with E-state index in [0.717, 1.165) is 12.1 Å². The van der Waals surface area contributed by atoms with Crippen molar-refractivity contribution in [3.8, 4) is 0 Å². The monoisotopic (exact) mass is 301 g/mol. The highest BCUT2D eigenvalue weighted by Crippen LogP contribution is 2.21. The van der Waals surface area contributed by atoms with Crippen LogP contribution in [0.3, 0.4) is 0 Å². The second kappa shape index (κ2) is 6.17. The Balaban J connectivity index is 2.47. The number of carbonyl (C=O) groups is 1. The number of rotatable bonds is 4. The van der Waals surface area contributed by atoms with Gasteiger partial charge in [0.1, 0.15) is 5.82 Å². The molecule has 0 fully saturated rings. The summed E-state index contributed by atoms with van der Waals surface area (Å²) in [7, 11) is 0. The molecule has 2 aromatic rings. The second-order valence-corrected chi connectivity index (χ2v) is 4.52. The predicted octanol–water partition coefficient (Wildman–Crippen LogP) is 2.59. The van der Waals surface area contributed by atoms with Crippen molar-refractivity contribution in [3.05, 3.63) is 76.9 Å². The highest BCUT2D eigenvalue weighted by molar-refractivity contribution is 6.13. The molecule has 0 heterocycles. The smallest absolute Gasteiger partial charge is 0.249 e. The van der Waals surface area contributed by atoms with Gasteiger partial charge in [-0.25, -0.2) is 8.78 Å². The number of allylic oxidation sites excluding steroid dienone is 1. The third-order valence-electron chi connectivity index (χ3n) is 3.07. The normalized spacial score (nSPS) is 11.7. The second-order valence-electron chi connectivity index (χ2n) is 4.52. The van der Waals surface area contributed by atoms with Gasteiger partial charge in [0.15, 0.2) is 5.83 Å². The lowest BCUT2D eigenvalue weighted by Crippen LogP contribution is -2.16. The highest BCUT2D eigenvalue weighted by atomic mass is 19.1. The number of halogens is 2. The number of primary amides is 1. The van der Waals surface area contributed by atoms with Gasteiger partial charge in [0, 0.05) is 16.7 Å². The fraction of sp³-hybridized carbons (Fsp3) is 0. The first kappa shape index (κ1) is 15.4. The van der Waals surface area contributed by atoms with Gasteiger partial charge in [0.2, 0.25) is 5.91 Å². The first-order valence-electron chi connectivity index (χ1n) is 6.31. The van der Waals surface area contributed by atoms with Crippen molar-refractivity contribution in [1.82, 2.24) is 0 Å². The third kappa shape index (κ3) is 3.01. The van der Waals surface area contributed by atoms with Gasteiger partial charge in [0.05, 0.1) is 11.4 Å². The van der Waals surface area contributed by atoms with Crippen LogP contribution in [0.25, 0.3) is 5.70 Å². The number of benzene rings is 2. The molecule has 2 rings (SSSR count). The number of nitrogens with one attached hydrogen (secondary N) is 1. The van der Waals surface area contributed by atoms with Crippen LogP contribution in [-0.4, -0.2) is 11.6 Å². The summed E-state index contributed by atoms with van der Waals surface area (Å²) in [6.45, 7) is 0. The van der Waals surface area contributed by atoms with Crippen molar-refractivity contribution in [3.63, 3.8) is 0 Å². The van der Waals surface area contributed by atoms with Crippen LogP contribution in [0.1, 0.15) is 21.5 Å². The lowest BCUT2D eigenvalue weighted by atomic mass is 10.0. The molecule has 0 bridgehead atoms. The molecule has 0 aromatic heterocycles. The van der Waals surface area contributed by atoms with E-state index in [1.807, 2.05) is 0 Å². The quantitative estimate of drug-likeness (QED) is 0.757. The SMILES string of the molecule is N=C(C(F)=C(N)c1ccccc1C(N)=O)c1ccc(F)cc1. The molecular formula is C16H13F2N3O. The van der Waals surface area contributed by atoms with E-state index in [9.17, 15) is 13.6 Å². The molecule has 5 N–H and O–H groups in total. The van der Waals surface area contributed by atoms with E-state index in [2.05, 4.69) is 0 Å². The maximum Gasteiger partial charge on any atom is 0.249 e. The average molecular weight is 301 g/mol. The van der Waals surface area contributed by atoms with Crippen LogP contribution in [0.4, 0.5) is 8.78 Å². The van der Waals surface area contributed by atoms with E-state index in [-0.39, 0.29) is 22.4 Å². The van der Waals surface area contributed by atoms with Crippen LogP contribution in [0.15, 0.2) is 54.4 Å². The minimum absolute atomic E-state index is 0.0575. The van der Waals surface area contributed by atoms with Crippen LogP contribution in [0.5, 0.6) is 0 Å². The zero-order chi connectivity index (χ0) is 16.3. The number of hydrogen-bond donors (Lipinski definition) is 3. The Kier molecular flexibility index (Phi) is 4.31. The van der Waals surface area contributed by atoms with Gasteiger partial charge < -0.3 is 11.5 Å². The molecule has 22 heavy (non-hydrogen) atoms. The highest BCUT2D eigenvalue weighted by Gasteiger charge is 2.17. The molecule has 0 spiro atoms. The van der Waals surface area contributed by atoms with Crippen molar-refractivity contribution in [2.45, 2.75) is 0 Å². The first-order valence-corrected chi connectivity index (χ1v) is 6.31. The molecule has 1 amide bonds. The summed E-state index contributed by atoms with van der Waals surface area (Å²) in [5, 5.41) is 7.81. The Labute approximate surface area is 125 Å². The van der Waals surface area contributed by atoms with Gasteiger partial charge in [0.25, 0.3) is 0 Å². The van der Waals surface area contributed by atoms with Crippen LogP contribution in [-0.2, 0) is 0 Å². The lowest BCUT2D eigenvalue weighted by Gasteiger charge is -2.09. The van der Waals surface area contributed by atoms with Gasteiger partial charge in [-0.2, -0.15) is 0 Å². The van der Waals surface area contributed by atoms with E-state index in [1.54, 1.807) is 12.1 Å². The van der Waals surface area contributed by atoms with Gasteiger partial charge in [-0.15, -0.1) is 0 Å². The summed E-state index contributed by atoms with van der Waals surface area (Å²) in [4.78, 5) is 11.4. The molecule has 2 aromatic carbocycles. The Morgan fingerprint density at radius 3 is 2.05 bits per heavy atom. The van der Waals surface area contributed by atoms with Gasteiger partial charge in [-0.3, -0.25) is 10.2 Å². The van der Waals surface area contributed by atoms with Crippen molar-refractivity contribution in [2.24, 2.45) is 11.5 Å². The molecule has 0 aliphatic carbocycles. The standard InChI is InChI=1S/C16H13F2N3O/c17-10-7-5-9(6-8-10)14(19)13(18)15(20)11-3-1-2-4-12(11)16(21)22/h1-8,19H,20H2,(H2,21,22). The lowest BCUT2D eigenvalue weighted by molar-refractivity contribution is 0.1000. The molecule has 0 aliphatic rings. The topological polar surface area (TPSA) is 93.0 Å². The summed E-state index contributed by atoms with van der Waals surface area (Å²) in [6.07, 6.45) is 0. The number of nitrogens with two attached hydrogens (primary N) is 2. The van der Waals surface area contributed by atoms with Gasteiger partial charge >= 0.3 is 0 Å². The summed E-state index contributed by atoms with van der Waals surface area (Å²) in [5.41, 5.74) is 10.4. The fourth-order valence-corrected chi connectivity index (χ4v) is 1.93. The van der Waals surface area contributed by atoms with Crippen LogP contribution >= 0.6 is 0 Å². The van der Waals surface area contributed by atoms with E-state index < -0.39 is 23.3 Å². The minimum Gasteiger partial charge on any atom is -0.396 e. The van der Waals surface area contributed by atoms with Crippen LogP contribution < -0.4 is 11.5 Å². The third-order valence-corrected chi connectivity index (χ3v) is 3.07. The fourth-order valence-electron chi connectivity index (χ4n) is 1.93. The minimum atomic E-state index is -1.01. The molecule has 0 radical (unpaired) electrons. The number of hydrogen-bond acceptors (Lipinski definition) is 3. The summed E-state index contributed by atoms with van der Waals surface area (Å²) < 4.78 is 27.3. The van der Waals surface area contributed by atoms with Gasteiger partial charge in [-0.1, -0.05) is 18.2 Å². The van der Waals surface area contributed by atoms with Crippen LogP contribution in [0.2, 0.25) is 0 Å². The van der Waals surface area contributed by atoms with E-state index >= 15 is 0 Å². The predicted molar refractivity (Wildman–Crippen MR) is 80.4 cm³/mol. The Hall–Kier alpha value is -3.02. The van der Waals surface area contributed by atoms with Crippen molar-refractivity contribution < 1.29 is 13.6 Å². The summed E-state index contributed by atoms with van der Waals surface area (Å²) in [5.74, 6) is -2.26.